The molecule has 2 aliphatic carbocycles. The van der Waals surface area contributed by atoms with E-state index in [4.69, 9.17) is 9.84 Å². The molecule has 1 unspecified atom stereocenters. The molecule has 0 aliphatic heterocycles. The summed E-state index contributed by atoms with van der Waals surface area (Å²) in [7, 11) is 1.72. The molecule has 180 valence electrons. The van der Waals surface area contributed by atoms with Gasteiger partial charge in [-0.05, 0) is 34.6 Å². The van der Waals surface area contributed by atoms with Crippen LogP contribution in [0.15, 0.2) is 60.9 Å². The maximum Gasteiger partial charge on any atom is 0.408 e. The van der Waals surface area contributed by atoms with Gasteiger partial charge in [-0.15, -0.1) is 0 Å². The summed E-state index contributed by atoms with van der Waals surface area (Å²) in [6.45, 7) is 0.364. The molecule has 0 radical (unpaired) electrons. The number of ether oxygens (including phenoxy) is 1. The van der Waals surface area contributed by atoms with Crippen molar-refractivity contribution >= 4 is 18.0 Å². The summed E-state index contributed by atoms with van der Waals surface area (Å²) in [6.07, 6.45) is 2.97. The number of rotatable bonds is 8. The molecule has 3 N–H and O–H groups in total. The Morgan fingerprint density at radius 2 is 1.77 bits per heavy atom. The normalized spacial score (nSPS) is 18.8. The minimum atomic E-state index is -1.01. The Balaban J connectivity index is 1.25. The van der Waals surface area contributed by atoms with Gasteiger partial charge in [0.05, 0.1) is 12.1 Å². The van der Waals surface area contributed by atoms with E-state index in [9.17, 15) is 14.4 Å². The van der Waals surface area contributed by atoms with Gasteiger partial charge in [-0.1, -0.05) is 48.5 Å². The highest BCUT2D eigenvalue weighted by Gasteiger charge is 2.43. The van der Waals surface area contributed by atoms with Crippen molar-refractivity contribution in [3.8, 4) is 11.1 Å². The molecule has 1 aromatic heterocycles. The number of amides is 2. The highest BCUT2D eigenvalue weighted by molar-refractivity contribution is 5.87. The molecular formula is C26H26N4O5. The van der Waals surface area contributed by atoms with Gasteiger partial charge >= 0.3 is 12.1 Å². The van der Waals surface area contributed by atoms with Crippen LogP contribution in [0.25, 0.3) is 11.1 Å². The topological polar surface area (TPSA) is 123 Å². The number of aryl methyl sites for hydroxylation is 1. The standard InChI is InChI=1S/C26H26N4O5/c1-30-13-16(12-28-30)23(24(31)27-11-15-10-21(15)25(32)33)29-26(34)35-14-22-19-8-4-2-6-17(19)18-7-3-5-9-20(18)22/h2-9,12-13,15,21-23H,10-11,14H2,1H3,(H,27,31)(H,29,34)(H,32,33)/t15-,21-,23?/m1/s1. The number of aromatic nitrogens is 2. The Morgan fingerprint density at radius 3 is 2.34 bits per heavy atom. The van der Waals surface area contributed by atoms with Crippen molar-refractivity contribution in [1.82, 2.24) is 20.4 Å². The zero-order valence-corrected chi connectivity index (χ0v) is 19.2. The minimum absolute atomic E-state index is 0.0957. The molecule has 1 heterocycles. The number of carboxylic acids is 1. The van der Waals surface area contributed by atoms with Crippen LogP contribution < -0.4 is 10.6 Å². The van der Waals surface area contributed by atoms with Crippen molar-refractivity contribution in [1.29, 1.82) is 0 Å². The Hall–Kier alpha value is -4.14. The van der Waals surface area contributed by atoms with E-state index in [1.165, 1.54) is 10.9 Å². The molecule has 35 heavy (non-hydrogen) atoms. The maximum absolute atomic E-state index is 12.9. The lowest BCUT2D eigenvalue weighted by Gasteiger charge is -2.19. The van der Waals surface area contributed by atoms with Crippen molar-refractivity contribution in [3.63, 3.8) is 0 Å². The average Bonchev–Trinajstić information content (AvgIpc) is 3.42. The fraction of sp³-hybridized carbons (Fsp3) is 0.308. The number of nitrogens with zero attached hydrogens (tertiary/aromatic N) is 2. The van der Waals surface area contributed by atoms with Gasteiger partial charge < -0.3 is 20.5 Å². The fourth-order valence-corrected chi connectivity index (χ4v) is 4.76. The number of carbonyl (C=O) groups is 3. The molecule has 0 spiro atoms. The van der Waals surface area contributed by atoms with E-state index in [1.54, 1.807) is 13.2 Å². The van der Waals surface area contributed by atoms with E-state index in [0.717, 1.165) is 22.3 Å². The van der Waals surface area contributed by atoms with Crippen LogP contribution in [0.4, 0.5) is 4.79 Å². The van der Waals surface area contributed by atoms with Crippen LogP contribution in [0.1, 0.15) is 35.1 Å². The molecule has 2 amide bonds. The van der Waals surface area contributed by atoms with Gasteiger partial charge in [0.2, 0.25) is 5.91 Å². The lowest BCUT2D eigenvalue weighted by Crippen LogP contribution is -2.41. The zero-order valence-electron chi connectivity index (χ0n) is 19.2. The number of nitrogens with one attached hydrogen (secondary N) is 2. The van der Waals surface area contributed by atoms with Gasteiger partial charge in [0.25, 0.3) is 0 Å². The van der Waals surface area contributed by atoms with Crippen LogP contribution in [-0.2, 0) is 21.4 Å². The average molecular weight is 475 g/mol. The lowest BCUT2D eigenvalue weighted by molar-refractivity contribution is -0.139. The summed E-state index contributed by atoms with van der Waals surface area (Å²) >= 11 is 0. The summed E-state index contributed by atoms with van der Waals surface area (Å²) in [5.74, 6) is -1.92. The highest BCUT2D eigenvalue weighted by atomic mass is 16.5. The van der Waals surface area contributed by atoms with Gasteiger partial charge in [-0.3, -0.25) is 14.3 Å². The van der Waals surface area contributed by atoms with Crippen LogP contribution in [0.5, 0.6) is 0 Å². The van der Waals surface area contributed by atoms with Crippen molar-refractivity contribution < 1.29 is 24.2 Å². The van der Waals surface area contributed by atoms with E-state index >= 15 is 0 Å². The van der Waals surface area contributed by atoms with E-state index in [-0.39, 0.29) is 25.0 Å². The molecule has 3 aromatic rings. The van der Waals surface area contributed by atoms with Crippen LogP contribution >= 0.6 is 0 Å². The second-order valence-corrected chi connectivity index (χ2v) is 9.04. The number of alkyl carbamates (subject to hydrolysis) is 1. The van der Waals surface area contributed by atoms with Gasteiger partial charge in [-0.2, -0.15) is 5.10 Å². The molecule has 2 aliphatic rings. The molecule has 0 bridgehead atoms. The van der Waals surface area contributed by atoms with Crippen molar-refractivity contribution in [2.45, 2.75) is 18.4 Å². The Morgan fingerprint density at radius 1 is 1.11 bits per heavy atom. The molecule has 1 fully saturated rings. The zero-order chi connectivity index (χ0) is 24.5. The summed E-state index contributed by atoms with van der Waals surface area (Å²) in [5.41, 5.74) is 4.96. The van der Waals surface area contributed by atoms with Gasteiger partial charge in [0.1, 0.15) is 12.6 Å². The number of carbonyl (C=O) groups excluding carboxylic acids is 2. The number of fused-ring (bicyclic) bond motifs is 3. The van der Waals surface area contributed by atoms with Crippen LogP contribution in [-0.4, -0.2) is 46.0 Å². The monoisotopic (exact) mass is 474 g/mol. The van der Waals surface area contributed by atoms with E-state index in [2.05, 4.69) is 27.9 Å². The first-order valence-corrected chi connectivity index (χ1v) is 11.5. The van der Waals surface area contributed by atoms with Crippen LogP contribution in [0.2, 0.25) is 0 Å². The summed E-state index contributed by atoms with van der Waals surface area (Å²) in [4.78, 5) is 36.8. The summed E-state index contributed by atoms with van der Waals surface area (Å²) in [6, 6.07) is 15.1. The van der Waals surface area contributed by atoms with Crippen molar-refractivity contribution in [3.05, 3.63) is 77.6 Å². The third-order valence-corrected chi connectivity index (χ3v) is 6.70. The first-order chi connectivity index (χ1) is 16.9. The Kier molecular flexibility index (Phi) is 5.98. The van der Waals surface area contributed by atoms with E-state index in [0.29, 0.717) is 12.0 Å². The van der Waals surface area contributed by atoms with Crippen molar-refractivity contribution in [2.24, 2.45) is 18.9 Å². The minimum Gasteiger partial charge on any atom is -0.481 e. The maximum atomic E-state index is 12.9. The number of hydrogen-bond donors (Lipinski definition) is 3. The SMILES string of the molecule is Cn1cc(C(NC(=O)OCC2c3ccccc3-c3ccccc32)C(=O)NC[C@H]2C[C@H]2C(=O)O)cn1. The summed E-state index contributed by atoms with van der Waals surface area (Å²) < 4.78 is 7.14. The summed E-state index contributed by atoms with van der Waals surface area (Å²) in [5, 5.41) is 18.6. The number of carboxylic acid groups (broad SMARTS) is 1. The third kappa shape index (κ3) is 4.62. The van der Waals surface area contributed by atoms with Crippen LogP contribution in [0, 0.1) is 11.8 Å². The predicted octanol–water partition coefficient (Wildman–Crippen LogP) is 2.84. The molecule has 5 rings (SSSR count). The van der Waals surface area contributed by atoms with Crippen molar-refractivity contribution in [2.75, 3.05) is 13.2 Å². The predicted molar refractivity (Wildman–Crippen MR) is 126 cm³/mol. The third-order valence-electron chi connectivity index (χ3n) is 6.70. The molecule has 3 atom stereocenters. The lowest BCUT2D eigenvalue weighted by atomic mass is 9.98. The molecule has 2 aromatic carbocycles. The van der Waals surface area contributed by atoms with E-state index < -0.39 is 29.9 Å². The number of benzene rings is 2. The molecule has 9 heteroatoms. The number of hydrogen-bond acceptors (Lipinski definition) is 5. The second kappa shape index (κ2) is 9.25. The quantitative estimate of drug-likeness (QED) is 0.461. The second-order valence-electron chi connectivity index (χ2n) is 9.04. The largest absolute Gasteiger partial charge is 0.481 e. The molecular weight excluding hydrogens is 448 g/mol. The Bertz CT molecular complexity index is 1240. The molecule has 1 saturated carbocycles. The smallest absolute Gasteiger partial charge is 0.408 e. The fourth-order valence-electron chi connectivity index (χ4n) is 4.76. The first kappa shape index (κ1) is 22.6. The molecule has 0 saturated heterocycles. The van der Waals surface area contributed by atoms with Crippen LogP contribution in [0.3, 0.4) is 0 Å². The van der Waals surface area contributed by atoms with Gasteiger partial charge in [0.15, 0.2) is 0 Å². The number of aliphatic carboxylic acids is 1. The molecule has 9 nitrogen and oxygen atoms in total. The first-order valence-electron chi connectivity index (χ1n) is 11.5. The highest BCUT2D eigenvalue weighted by Crippen LogP contribution is 2.44. The van der Waals surface area contributed by atoms with Gasteiger partial charge in [-0.25, -0.2) is 4.79 Å². The Labute approximate surface area is 202 Å². The van der Waals surface area contributed by atoms with Gasteiger partial charge in [0, 0.05) is 31.3 Å². The van der Waals surface area contributed by atoms with E-state index in [1.807, 2.05) is 36.4 Å².